The van der Waals surface area contributed by atoms with Crippen LogP contribution in [-0.2, 0) is 11.3 Å². The normalized spacial score (nSPS) is 12.1. The number of hydrogen-bond donors (Lipinski definition) is 2. The van der Waals surface area contributed by atoms with Gasteiger partial charge < -0.3 is 5.32 Å². The number of hydrogen-bond acceptors (Lipinski definition) is 3. The van der Waals surface area contributed by atoms with Crippen LogP contribution in [0, 0.1) is 4.77 Å². The number of carbonyl (C=O) groups is 1. The highest BCUT2D eigenvalue weighted by Crippen LogP contribution is 2.24. The van der Waals surface area contributed by atoms with Crippen molar-refractivity contribution in [2.24, 2.45) is 0 Å². The number of fused-ring (bicyclic) bond motifs is 1. The van der Waals surface area contributed by atoms with Gasteiger partial charge in [-0.15, -0.1) is 0 Å². The maximum Gasteiger partial charge on any atom is 0.240 e. The van der Waals surface area contributed by atoms with Gasteiger partial charge in [0, 0.05) is 10.6 Å². The lowest BCUT2D eigenvalue weighted by Crippen LogP contribution is -2.30. The summed E-state index contributed by atoms with van der Waals surface area (Å²) in [4.78, 5) is 12.8. The Morgan fingerprint density at radius 3 is 2.66 bits per heavy atom. The second-order valence-corrected chi connectivity index (χ2v) is 7.63. The van der Waals surface area contributed by atoms with Crippen molar-refractivity contribution < 1.29 is 4.79 Å². The largest absolute Gasteiger partial charge is 0.348 e. The van der Waals surface area contributed by atoms with Crippen molar-refractivity contribution in [2.45, 2.75) is 19.5 Å². The summed E-state index contributed by atoms with van der Waals surface area (Å²) in [5.41, 5.74) is 1.90. The molecule has 0 aliphatic carbocycles. The minimum absolute atomic E-state index is 0.0718. The summed E-state index contributed by atoms with van der Waals surface area (Å²) in [6.45, 7) is 2.05. The van der Waals surface area contributed by atoms with E-state index in [9.17, 15) is 4.79 Å². The molecule has 4 aromatic rings. The molecule has 1 amide bonds. The molecule has 0 fully saturated rings. The van der Waals surface area contributed by atoms with Crippen molar-refractivity contribution in [3.63, 3.8) is 0 Å². The van der Waals surface area contributed by atoms with Gasteiger partial charge in [0.05, 0.1) is 6.04 Å². The van der Waals surface area contributed by atoms with E-state index in [1.807, 2.05) is 43.3 Å². The number of nitrogens with one attached hydrogen (secondary N) is 2. The van der Waals surface area contributed by atoms with E-state index in [0.29, 0.717) is 15.6 Å². The predicted molar refractivity (Wildman–Crippen MR) is 118 cm³/mol. The molecule has 4 rings (SSSR count). The first-order valence-electron chi connectivity index (χ1n) is 9.21. The Morgan fingerprint density at radius 2 is 1.86 bits per heavy atom. The molecule has 0 radical (unpaired) electrons. The summed E-state index contributed by atoms with van der Waals surface area (Å²) in [6, 6.07) is 21.4. The van der Waals surface area contributed by atoms with Crippen LogP contribution in [-0.4, -0.2) is 20.7 Å². The number of nitrogens with zero attached hydrogens (tertiary/aromatic N) is 2. The van der Waals surface area contributed by atoms with Crippen LogP contribution in [0.5, 0.6) is 0 Å². The lowest BCUT2D eigenvalue weighted by atomic mass is 10.00. The minimum atomic E-state index is -0.145. The maximum absolute atomic E-state index is 12.8. The topological polar surface area (TPSA) is 62.7 Å². The van der Waals surface area contributed by atoms with Crippen molar-refractivity contribution in [2.75, 3.05) is 0 Å². The van der Waals surface area contributed by atoms with E-state index in [2.05, 4.69) is 33.7 Å². The molecule has 146 valence electrons. The van der Waals surface area contributed by atoms with Gasteiger partial charge in [-0.05, 0) is 59.7 Å². The van der Waals surface area contributed by atoms with Gasteiger partial charge in [0.15, 0.2) is 10.6 Å². The van der Waals surface area contributed by atoms with Gasteiger partial charge in [-0.3, -0.25) is 14.5 Å². The number of halogens is 1. The quantitative estimate of drug-likeness (QED) is 0.429. The van der Waals surface area contributed by atoms with Crippen molar-refractivity contribution in [3.8, 4) is 11.4 Å². The van der Waals surface area contributed by atoms with Crippen LogP contribution in [0.25, 0.3) is 22.2 Å². The van der Waals surface area contributed by atoms with Crippen LogP contribution in [0.3, 0.4) is 0 Å². The first-order valence-corrected chi connectivity index (χ1v) is 10.00. The molecule has 7 heteroatoms. The molecule has 1 unspecified atom stereocenters. The van der Waals surface area contributed by atoms with Crippen LogP contribution in [0.4, 0.5) is 0 Å². The fourth-order valence-corrected chi connectivity index (χ4v) is 3.74. The third-order valence-electron chi connectivity index (χ3n) is 4.83. The number of rotatable bonds is 5. The molecule has 0 spiro atoms. The lowest BCUT2D eigenvalue weighted by molar-refractivity contribution is -0.122. The van der Waals surface area contributed by atoms with Crippen LogP contribution >= 0.6 is 23.8 Å². The lowest BCUT2D eigenvalue weighted by Gasteiger charge is -2.17. The zero-order chi connectivity index (χ0) is 20.4. The number of amides is 1. The molecule has 2 N–H and O–H groups in total. The number of H-pyrrole nitrogens is 1. The predicted octanol–water partition coefficient (Wildman–Crippen LogP) is 5.29. The van der Waals surface area contributed by atoms with Gasteiger partial charge in [0.25, 0.3) is 0 Å². The molecule has 1 atom stereocenters. The smallest absolute Gasteiger partial charge is 0.240 e. The Kier molecular flexibility index (Phi) is 5.47. The Hall–Kier alpha value is -2.96. The SMILES string of the molecule is CC(NC(=O)Cn1c(-c2ccc(Cl)cc2)n[nH]c1=S)c1cccc2ccccc12. The van der Waals surface area contributed by atoms with E-state index in [1.165, 1.54) is 0 Å². The molecule has 1 heterocycles. The fraction of sp³-hybridized carbons (Fsp3) is 0.136. The van der Waals surface area contributed by atoms with E-state index < -0.39 is 0 Å². The van der Waals surface area contributed by atoms with E-state index in [1.54, 1.807) is 16.7 Å². The van der Waals surface area contributed by atoms with Crippen LogP contribution in [0.15, 0.2) is 66.7 Å². The zero-order valence-electron chi connectivity index (χ0n) is 15.7. The average Bonchev–Trinajstić information content (AvgIpc) is 3.08. The van der Waals surface area contributed by atoms with Gasteiger partial charge in [-0.2, -0.15) is 5.10 Å². The number of aromatic amines is 1. The number of aromatic nitrogens is 3. The maximum atomic E-state index is 12.8. The van der Waals surface area contributed by atoms with E-state index >= 15 is 0 Å². The van der Waals surface area contributed by atoms with Crippen molar-refractivity contribution in [1.29, 1.82) is 0 Å². The van der Waals surface area contributed by atoms with Crippen molar-refractivity contribution in [3.05, 3.63) is 82.1 Å². The summed E-state index contributed by atoms with van der Waals surface area (Å²) >= 11 is 11.3. The highest BCUT2D eigenvalue weighted by Gasteiger charge is 2.16. The summed E-state index contributed by atoms with van der Waals surface area (Å²) < 4.78 is 2.08. The molecular formula is C22H19ClN4OS. The average molecular weight is 423 g/mol. The highest BCUT2D eigenvalue weighted by molar-refractivity contribution is 7.71. The van der Waals surface area contributed by atoms with Gasteiger partial charge >= 0.3 is 0 Å². The van der Waals surface area contributed by atoms with E-state index in [-0.39, 0.29) is 18.5 Å². The van der Waals surface area contributed by atoms with E-state index in [4.69, 9.17) is 23.8 Å². The van der Waals surface area contributed by atoms with Crippen LogP contribution in [0.2, 0.25) is 5.02 Å². The first kappa shape index (κ1) is 19.4. The molecule has 0 bridgehead atoms. The Balaban J connectivity index is 1.55. The van der Waals surface area contributed by atoms with Gasteiger partial charge in [0.1, 0.15) is 6.54 Å². The van der Waals surface area contributed by atoms with Crippen LogP contribution < -0.4 is 5.32 Å². The first-order chi connectivity index (χ1) is 14.0. The summed E-state index contributed by atoms with van der Waals surface area (Å²) in [6.07, 6.45) is 0. The minimum Gasteiger partial charge on any atom is -0.348 e. The highest BCUT2D eigenvalue weighted by atomic mass is 35.5. The molecular weight excluding hydrogens is 404 g/mol. The van der Waals surface area contributed by atoms with Crippen LogP contribution in [0.1, 0.15) is 18.5 Å². The third kappa shape index (κ3) is 4.09. The van der Waals surface area contributed by atoms with Crippen molar-refractivity contribution >= 4 is 40.5 Å². The molecule has 0 aliphatic heterocycles. The molecule has 0 aliphatic rings. The monoisotopic (exact) mass is 422 g/mol. The second-order valence-electron chi connectivity index (χ2n) is 6.80. The van der Waals surface area contributed by atoms with Gasteiger partial charge in [0.2, 0.25) is 5.91 Å². The van der Waals surface area contributed by atoms with Gasteiger partial charge in [-0.25, -0.2) is 0 Å². The molecule has 0 saturated heterocycles. The standard InChI is InChI=1S/C22H19ClN4OS/c1-14(18-8-4-6-15-5-2-3-7-19(15)18)24-20(28)13-27-21(25-26-22(27)29)16-9-11-17(23)12-10-16/h2-12,14H,13H2,1H3,(H,24,28)(H,26,29). The Morgan fingerprint density at radius 1 is 1.14 bits per heavy atom. The Bertz CT molecular complexity index is 1220. The van der Waals surface area contributed by atoms with Crippen molar-refractivity contribution in [1.82, 2.24) is 20.1 Å². The second kappa shape index (κ2) is 8.19. The van der Waals surface area contributed by atoms with Gasteiger partial charge in [-0.1, -0.05) is 54.1 Å². The zero-order valence-corrected chi connectivity index (χ0v) is 17.3. The number of benzene rings is 3. The molecule has 0 saturated carbocycles. The molecule has 29 heavy (non-hydrogen) atoms. The fourth-order valence-electron chi connectivity index (χ4n) is 3.42. The summed E-state index contributed by atoms with van der Waals surface area (Å²) in [5.74, 6) is 0.456. The number of carbonyl (C=O) groups excluding carboxylic acids is 1. The van der Waals surface area contributed by atoms with E-state index in [0.717, 1.165) is 21.9 Å². The summed E-state index contributed by atoms with van der Waals surface area (Å²) in [7, 11) is 0. The molecule has 5 nitrogen and oxygen atoms in total. The molecule has 3 aromatic carbocycles. The molecule has 1 aromatic heterocycles. The summed E-state index contributed by atoms with van der Waals surface area (Å²) in [5, 5.41) is 13.0. The Labute approximate surface area is 178 Å². The third-order valence-corrected chi connectivity index (χ3v) is 5.39.